The summed E-state index contributed by atoms with van der Waals surface area (Å²) in [4.78, 5) is 3.55. The summed E-state index contributed by atoms with van der Waals surface area (Å²) in [5.74, 6) is 1.35. The van der Waals surface area contributed by atoms with Crippen LogP contribution in [0.4, 0.5) is 5.69 Å². The molecule has 2 aromatic rings. The lowest BCUT2D eigenvalue weighted by Crippen LogP contribution is -2.22. The van der Waals surface area contributed by atoms with Crippen LogP contribution in [0.1, 0.15) is 44.4 Å². The van der Waals surface area contributed by atoms with Crippen LogP contribution in [0, 0.1) is 5.92 Å². The molecule has 0 aliphatic carbocycles. The Kier molecular flexibility index (Phi) is 2.81. The molecule has 1 aromatic heterocycles. The van der Waals surface area contributed by atoms with E-state index in [1.807, 2.05) is 0 Å². The zero-order chi connectivity index (χ0) is 12.7. The maximum absolute atomic E-state index is 3.58. The van der Waals surface area contributed by atoms with Gasteiger partial charge in [0.2, 0.25) is 0 Å². The summed E-state index contributed by atoms with van der Waals surface area (Å²) >= 11 is 0. The van der Waals surface area contributed by atoms with Crippen LogP contribution in [-0.2, 0) is 6.42 Å². The molecule has 0 fully saturated rings. The third kappa shape index (κ3) is 1.90. The minimum atomic E-state index is 0.561. The van der Waals surface area contributed by atoms with E-state index in [1.165, 1.54) is 40.7 Å². The maximum atomic E-state index is 3.58. The highest BCUT2D eigenvalue weighted by molar-refractivity contribution is 5.86. The van der Waals surface area contributed by atoms with Crippen molar-refractivity contribution in [3.8, 4) is 0 Å². The van der Waals surface area contributed by atoms with Crippen LogP contribution in [0.25, 0.3) is 10.9 Å². The van der Waals surface area contributed by atoms with E-state index in [4.69, 9.17) is 0 Å². The second kappa shape index (κ2) is 4.34. The van der Waals surface area contributed by atoms with Crippen LogP contribution in [-0.4, -0.2) is 11.5 Å². The van der Waals surface area contributed by atoms with Gasteiger partial charge in [-0.2, -0.15) is 0 Å². The normalized spacial score (nSPS) is 19.0. The van der Waals surface area contributed by atoms with E-state index in [-0.39, 0.29) is 0 Å². The molecule has 0 saturated carbocycles. The van der Waals surface area contributed by atoms with Gasteiger partial charge in [0.15, 0.2) is 0 Å². The van der Waals surface area contributed by atoms with Gasteiger partial charge >= 0.3 is 0 Å². The second-order valence-corrected chi connectivity index (χ2v) is 5.84. The van der Waals surface area contributed by atoms with Crippen molar-refractivity contribution in [2.24, 2.45) is 5.92 Å². The fraction of sp³-hybridized carbons (Fsp3) is 0.500. The van der Waals surface area contributed by atoms with Crippen molar-refractivity contribution in [2.45, 2.75) is 39.5 Å². The van der Waals surface area contributed by atoms with Gasteiger partial charge in [0, 0.05) is 28.8 Å². The smallest absolute Gasteiger partial charge is 0.0460 e. The van der Waals surface area contributed by atoms with Crippen LogP contribution in [0.2, 0.25) is 0 Å². The number of hydrogen-bond donors (Lipinski definition) is 2. The van der Waals surface area contributed by atoms with E-state index >= 15 is 0 Å². The second-order valence-electron chi connectivity index (χ2n) is 5.84. The maximum Gasteiger partial charge on any atom is 0.0460 e. The average molecular weight is 242 g/mol. The Morgan fingerprint density at radius 1 is 1.28 bits per heavy atom. The molecule has 3 rings (SSSR count). The molecule has 2 nitrogen and oxygen atoms in total. The summed E-state index contributed by atoms with van der Waals surface area (Å²) in [5, 5.41) is 4.91. The molecule has 0 radical (unpaired) electrons. The van der Waals surface area contributed by atoms with Crippen molar-refractivity contribution in [2.75, 3.05) is 11.9 Å². The van der Waals surface area contributed by atoms with E-state index in [0.29, 0.717) is 5.92 Å². The molecule has 1 aliphatic rings. The molecule has 18 heavy (non-hydrogen) atoms. The summed E-state index contributed by atoms with van der Waals surface area (Å²) in [7, 11) is 0. The Hall–Kier alpha value is -1.44. The van der Waals surface area contributed by atoms with Gasteiger partial charge in [-0.3, -0.25) is 0 Å². The molecule has 1 unspecified atom stereocenters. The minimum absolute atomic E-state index is 0.561. The highest BCUT2D eigenvalue weighted by Crippen LogP contribution is 2.31. The van der Waals surface area contributed by atoms with Gasteiger partial charge in [-0.15, -0.1) is 0 Å². The number of H-pyrrole nitrogens is 1. The van der Waals surface area contributed by atoms with Crippen LogP contribution in [0.5, 0.6) is 0 Å². The van der Waals surface area contributed by atoms with Crippen molar-refractivity contribution in [1.29, 1.82) is 0 Å². The highest BCUT2D eigenvalue weighted by atomic mass is 14.9. The first kappa shape index (κ1) is 11.6. The third-order valence-corrected chi connectivity index (χ3v) is 4.15. The third-order valence-electron chi connectivity index (χ3n) is 4.15. The van der Waals surface area contributed by atoms with Crippen LogP contribution >= 0.6 is 0 Å². The van der Waals surface area contributed by atoms with Crippen LogP contribution in [0.15, 0.2) is 18.2 Å². The summed E-state index contributed by atoms with van der Waals surface area (Å²) in [6, 6.07) is 6.93. The lowest BCUT2D eigenvalue weighted by Gasteiger charge is -2.25. The lowest BCUT2D eigenvalue weighted by atomic mass is 9.91. The Bertz CT molecular complexity index is 566. The van der Waals surface area contributed by atoms with E-state index in [0.717, 1.165) is 12.5 Å². The molecule has 2 N–H and O–H groups in total. The molecular weight excluding hydrogens is 220 g/mol. The Morgan fingerprint density at radius 2 is 2.11 bits per heavy atom. The molecule has 96 valence electrons. The fourth-order valence-corrected chi connectivity index (χ4v) is 2.82. The van der Waals surface area contributed by atoms with E-state index < -0.39 is 0 Å². The molecule has 2 heteroatoms. The number of nitrogens with one attached hydrogen (secondary N) is 2. The predicted octanol–water partition coefficient (Wildman–Crippen LogP) is 4.29. The molecule has 0 amide bonds. The number of rotatable bonds is 2. The molecule has 1 aliphatic heterocycles. The van der Waals surface area contributed by atoms with Gasteiger partial charge in [-0.1, -0.05) is 27.2 Å². The molecule has 0 saturated heterocycles. The van der Waals surface area contributed by atoms with Gasteiger partial charge in [0.05, 0.1) is 0 Å². The van der Waals surface area contributed by atoms with Crippen molar-refractivity contribution in [3.63, 3.8) is 0 Å². The van der Waals surface area contributed by atoms with Gasteiger partial charge in [0.1, 0.15) is 0 Å². The summed E-state index contributed by atoms with van der Waals surface area (Å²) < 4.78 is 0. The van der Waals surface area contributed by atoms with Crippen molar-refractivity contribution >= 4 is 16.6 Å². The Labute approximate surface area is 109 Å². The van der Waals surface area contributed by atoms with Crippen molar-refractivity contribution in [1.82, 2.24) is 4.98 Å². The summed E-state index contributed by atoms with van der Waals surface area (Å²) in [5.41, 5.74) is 5.43. The molecule has 1 aromatic carbocycles. The summed E-state index contributed by atoms with van der Waals surface area (Å²) in [6.45, 7) is 7.86. The van der Waals surface area contributed by atoms with Crippen LogP contribution < -0.4 is 5.32 Å². The predicted molar refractivity (Wildman–Crippen MR) is 78.4 cm³/mol. The zero-order valence-corrected chi connectivity index (χ0v) is 11.5. The molecule has 0 spiro atoms. The Balaban J connectivity index is 2.05. The summed E-state index contributed by atoms with van der Waals surface area (Å²) in [6.07, 6.45) is 2.47. The minimum Gasteiger partial charge on any atom is -0.385 e. The monoisotopic (exact) mass is 242 g/mol. The first-order valence-corrected chi connectivity index (χ1v) is 7.06. The highest BCUT2D eigenvalue weighted by Gasteiger charge is 2.18. The standard InChI is InChI=1S/C16H22N2/c1-4-11-5-12-8-16-13(7-15(12)17-9-11)6-14(18-16)10(2)3/h6-8,10-11,17-18H,4-5,9H2,1-3H3. The molecule has 2 heterocycles. The van der Waals surface area contributed by atoms with E-state index in [9.17, 15) is 0 Å². The van der Waals surface area contributed by atoms with Crippen molar-refractivity contribution in [3.05, 3.63) is 29.5 Å². The number of anilines is 1. The number of aromatic amines is 1. The van der Waals surface area contributed by atoms with Gasteiger partial charge in [0.25, 0.3) is 0 Å². The molecule has 0 bridgehead atoms. The quantitative estimate of drug-likeness (QED) is 0.808. The topological polar surface area (TPSA) is 27.8 Å². The van der Waals surface area contributed by atoms with Crippen LogP contribution in [0.3, 0.4) is 0 Å². The molecule has 1 atom stereocenters. The van der Waals surface area contributed by atoms with Crippen molar-refractivity contribution < 1.29 is 0 Å². The number of fused-ring (bicyclic) bond motifs is 2. The van der Waals surface area contributed by atoms with Gasteiger partial charge in [-0.05, 0) is 42.0 Å². The average Bonchev–Trinajstić information content (AvgIpc) is 2.78. The largest absolute Gasteiger partial charge is 0.385 e. The molecular formula is C16H22N2. The number of benzene rings is 1. The van der Waals surface area contributed by atoms with E-state index in [2.05, 4.69) is 49.3 Å². The number of aromatic nitrogens is 1. The zero-order valence-electron chi connectivity index (χ0n) is 11.5. The Morgan fingerprint density at radius 3 is 2.83 bits per heavy atom. The first-order chi connectivity index (χ1) is 8.67. The van der Waals surface area contributed by atoms with E-state index in [1.54, 1.807) is 0 Å². The fourth-order valence-electron chi connectivity index (χ4n) is 2.82. The lowest BCUT2D eigenvalue weighted by molar-refractivity contribution is 0.521. The van der Waals surface area contributed by atoms with Gasteiger partial charge < -0.3 is 10.3 Å². The first-order valence-electron chi connectivity index (χ1n) is 7.06. The van der Waals surface area contributed by atoms with Gasteiger partial charge in [-0.25, -0.2) is 0 Å². The SMILES string of the molecule is CCC1CNc2cc3cc(C(C)C)[nH]c3cc2C1. The number of hydrogen-bond acceptors (Lipinski definition) is 1.